The summed E-state index contributed by atoms with van der Waals surface area (Å²) in [6, 6.07) is 16.1. The predicted molar refractivity (Wildman–Crippen MR) is 105 cm³/mol. The van der Waals surface area contributed by atoms with E-state index in [1.54, 1.807) is 14.2 Å². The zero-order valence-corrected chi connectivity index (χ0v) is 16.0. The van der Waals surface area contributed by atoms with E-state index in [0.717, 1.165) is 22.9 Å². The lowest BCUT2D eigenvalue weighted by Crippen LogP contribution is -2.25. The third-order valence-electron chi connectivity index (χ3n) is 4.23. The van der Waals surface area contributed by atoms with Crippen molar-refractivity contribution in [1.82, 2.24) is 14.9 Å². The molecule has 0 aliphatic rings. The van der Waals surface area contributed by atoms with Crippen molar-refractivity contribution in [2.24, 2.45) is 7.05 Å². The molecule has 26 heavy (non-hydrogen) atoms. The van der Waals surface area contributed by atoms with Gasteiger partial charge in [0.05, 0.1) is 20.3 Å². The number of ether oxygens (including phenoxy) is 2. The molecule has 0 aliphatic carbocycles. The van der Waals surface area contributed by atoms with Crippen molar-refractivity contribution in [3.63, 3.8) is 0 Å². The molecule has 0 bridgehead atoms. The summed E-state index contributed by atoms with van der Waals surface area (Å²) in [5, 5.41) is 3.60. The number of rotatable bonds is 7. The average Bonchev–Trinajstić information content (AvgIpc) is 3.08. The molecule has 6 heteroatoms. The van der Waals surface area contributed by atoms with E-state index in [0.29, 0.717) is 6.54 Å². The monoisotopic (exact) mass is 373 g/mol. The van der Waals surface area contributed by atoms with Gasteiger partial charge < -0.3 is 14.0 Å². The minimum atomic E-state index is -0.0166. The van der Waals surface area contributed by atoms with Gasteiger partial charge in [0.2, 0.25) is 0 Å². The molecule has 1 aromatic heterocycles. The molecule has 0 aliphatic heterocycles. The molecule has 3 aromatic rings. The first-order chi connectivity index (χ1) is 12.2. The zero-order chi connectivity index (χ0) is 17.6. The number of halogens is 1. The van der Waals surface area contributed by atoms with Crippen LogP contribution >= 0.6 is 12.4 Å². The minimum absolute atomic E-state index is 0. The van der Waals surface area contributed by atoms with Gasteiger partial charge >= 0.3 is 0 Å². The molecule has 1 N–H and O–H groups in total. The number of imidazole rings is 1. The normalized spacial score (nSPS) is 11.5. The van der Waals surface area contributed by atoms with Gasteiger partial charge in [-0.1, -0.05) is 30.3 Å². The Kier molecular flexibility index (Phi) is 7.06. The van der Waals surface area contributed by atoms with E-state index in [1.807, 2.05) is 60.4 Å². The van der Waals surface area contributed by atoms with Crippen molar-refractivity contribution in [1.29, 1.82) is 0 Å². The zero-order valence-electron chi connectivity index (χ0n) is 15.2. The highest BCUT2D eigenvalue weighted by Crippen LogP contribution is 2.26. The van der Waals surface area contributed by atoms with E-state index in [1.165, 1.54) is 5.56 Å². The smallest absolute Gasteiger partial charge is 0.130 e. The maximum Gasteiger partial charge on any atom is 0.130 e. The molecule has 0 saturated carbocycles. The summed E-state index contributed by atoms with van der Waals surface area (Å²) in [5.74, 6) is 2.61. The van der Waals surface area contributed by atoms with Gasteiger partial charge in [0.15, 0.2) is 0 Å². The fraction of sp³-hybridized carbons (Fsp3) is 0.250. The molecule has 1 atom stereocenters. The number of aryl methyl sites for hydroxylation is 1. The highest BCUT2D eigenvalue weighted by molar-refractivity contribution is 5.85. The summed E-state index contributed by atoms with van der Waals surface area (Å²) in [4.78, 5) is 4.53. The first-order valence-electron chi connectivity index (χ1n) is 8.19. The Hall–Kier alpha value is -2.50. The Morgan fingerprint density at radius 1 is 1.08 bits per heavy atom. The largest absolute Gasteiger partial charge is 0.497 e. The Balaban J connectivity index is 0.00000243. The van der Waals surface area contributed by atoms with Crippen LogP contribution in [0.4, 0.5) is 0 Å². The van der Waals surface area contributed by atoms with Crippen molar-refractivity contribution >= 4 is 12.4 Å². The van der Waals surface area contributed by atoms with Crippen LogP contribution in [0.2, 0.25) is 0 Å². The number of hydrogen-bond donors (Lipinski definition) is 1. The van der Waals surface area contributed by atoms with Crippen molar-refractivity contribution in [2.75, 3.05) is 14.2 Å². The minimum Gasteiger partial charge on any atom is -0.497 e. The molecule has 0 spiro atoms. The molecule has 3 rings (SSSR count). The molecular formula is C20H24ClN3O2. The van der Waals surface area contributed by atoms with Crippen molar-refractivity contribution in [3.05, 3.63) is 77.9 Å². The summed E-state index contributed by atoms with van der Waals surface area (Å²) >= 11 is 0. The van der Waals surface area contributed by atoms with Gasteiger partial charge in [-0.05, 0) is 23.8 Å². The third-order valence-corrected chi connectivity index (χ3v) is 4.23. The van der Waals surface area contributed by atoms with E-state index in [9.17, 15) is 0 Å². The van der Waals surface area contributed by atoms with Crippen LogP contribution in [0.1, 0.15) is 23.0 Å². The number of methoxy groups -OCH3 is 2. The molecule has 2 aromatic carbocycles. The number of aromatic nitrogens is 2. The van der Waals surface area contributed by atoms with Crippen LogP contribution < -0.4 is 14.8 Å². The Bertz CT molecular complexity index is 821. The van der Waals surface area contributed by atoms with Gasteiger partial charge in [-0.2, -0.15) is 0 Å². The molecule has 1 unspecified atom stereocenters. The lowest BCUT2D eigenvalue weighted by Gasteiger charge is -2.20. The molecule has 5 nitrogen and oxygen atoms in total. The fourth-order valence-corrected chi connectivity index (χ4v) is 2.89. The van der Waals surface area contributed by atoms with Gasteiger partial charge in [0.1, 0.15) is 17.3 Å². The van der Waals surface area contributed by atoms with Crippen LogP contribution in [0.25, 0.3) is 0 Å². The third kappa shape index (κ3) is 4.36. The highest BCUT2D eigenvalue weighted by Gasteiger charge is 2.18. The topological polar surface area (TPSA) is 48.3 Å². The SMILES string of the molecule is COc1ccc(OC)c(CNC(c2ccccc2)c2nccn2C)c1.Cl. The van der Waals surface area contributed by atoms with E-state index in [4.69, 9.17) is 9.47 Å². The molecule has 138 valence electrons. The average molecular weight is 374 g/mol. The number of hydrogen-bond acceptors (Lipinski definition) is 4. The molecule has 1 heterocycles. The molecule has 0 saturated heterocycles. The first kappa shape index (κ1) is 19.8. The second-order valence-electron chi connectivity index (χ2n) is 5.80. The van der Waals surface area contributed by atoms with E-state index >= 15 is 0 Å². The van der Waals surface area contributed by atoms with Crippen LogP contribution in [0.5, 0.6) is 11.5 Å². The number of nitrogens with zero attached hydrogens (tertiary/aromatic N) is 2. The van der Waals surface area contributed by atoms with Crippen molar-refractivity contribution < 1.29 is 9.47 Å². The first-order valence-corrected chi connectivity index (χ1v) is 8.19. The second kappa shape index (κ2) is 9.27. The van der Waals surface area contributed by atoms with Gasteiger partial charge in [-0.25, -0.2) is 4.98 Å². The summed E-state index contributed by atoms with van der Waals surface area (Å²) in [7, 11) is 5.35. The quantitative estimate of drug-likeness (QED) is 0.685. The second-order valence-corrected chi connectivity index (χ2v) is 5.80. The van der Waals surface area contributed by atoms with Crippen LogP contribution in [0.15, 0.2) is 60.9 Å². The Labute approximate surface area is 160 Å². The molecule has 0 amide bonds. The van der Waals surface area contributed by atoms with Gasteiger partial charge in [0.25, 0.3) is 0 Å². The van der Waals surface area contributed by atoms with Crippen LogP contribution in [-0.2, 0) is 13.6 Å². The maximum atomic E-state index is 5.48. The lowest BCUT2D eigenvalue weighted by atomic mass is 10.1. The van der Waals surface area contributed by atoms with Crippen molar-refractivity contribution in [3.8, 4) is 11.5 Å². The van der Waals surface area contributed by atoms with Gasteiger partial charge in [-0.3, -0.25) is 5.32 Å². The summed E-state index contributed by atoms with van der Waals surface area (Å²) in [6.07, 6.45) is 3.78. The van der Waals surface area contributed by atoms with Crippen LogP contribution in [-0.4, -0.2) is 23.8 Å². The summed E-state index contributed by atoms with van der Waals surface area (Å²) < 4.78 is 12.9. The number of benzene rings is 2. The Morgan fingerprint density at radius 2 is 1.85 bits per heavy atom. The van der Waals surface area contributed by atoms with E-state index in [-0.39, 0.29) is 18.4 Å². The molecule has 0 fully saturated rings. The van der Waals surface area contributed by atoms with E-state index in [2.05, 4.69) is 22.4 Å². The fourth-order valence-electron chi connectivity index (χ4n) is 2.89. The van der Waals surface area contributed by atoms with Crippen molar-refractivity contribution in [2.45, 2.75) is 12.6 Å². The Morgan fingerprint density at radius 3 is 2.46 bits per heavy atom. The standard InChI is InChI=1S/C20H23N3O2.ClH/c1-23-12-11-21-20(23)19(15-7-5-4-6-8-15)22-14-16-13-17(24-2)9-10-18(16)25-3;/h4-13,19,22H,14H2,1-3H3;1H. The molecular weight excluding hydrogens is 350 g/mol. The number of nitrogens with one attached hydrogen (secondary N) is 1. The summed E-state index contributed by atoms with van der Waals surface area (Å²) in [5.41, 5.74) is 2.20. The lowest BCUT2D eigenvalue weighted by molar-refractivity contribution is 0.395. The highest BCUT2D eigenvalue weighted by atomic mass is 35.5. The van der Waals surface area contributed by atoms with Crippen LogP contribution in [0, 0.1) is 0 Å². The van der Waals surface area contributed by atoms with Gasteiger partial charge in [-0.15, -0.1) is 12.4 Å². The maximum absolute atomic E-state index is 5.48. The van der Waals surface area contributed by atoms with E-state index < -0.39 is 0 Å². The van der Waals surface area contributed by atoms with Gasteiger partial charge in [0, 0.05) is 31.5 Å². The van der Waals surface area contributed by atoms with Crippen LogP contribution in [0.3, 0.4) is 0 Å². The molecule has 0 radical (unpaired) electrons. The predicted octanol–water partition coefficient (Wildman–Crippen LogP) is 3.74. The summed E-state index contributed by atoms with van der Waals surface area (Å²) in [6.45, 7) is 0.632.